The second-order valence-corrected chi connectivity index (χ2v) is 8.47. The molecule has 8 nitrogen and oxygen atoms in total. The normalized spacial score (nSPS) is 21.8. The van der Waals surface area contributed by atoms with Gasteiger partial charge in [-0.1, -0.05) is 0 Å². The Bertz CT molecular complexity index is 940. The topological polar surface area (TPSA) is 91.4 Å². The van der Waals surface area contributed by atoms with E-state index in [4.69, 9.17) is 4.42 Å². The van der Waals surface area contributed by atoms with Crippen LogP contribution >= 0.6 is 0 Å². The highest BCUT2D eigenvalue weighted by molar-refractivity contribution is 5.45. The van der Waals surface area contributed by atoms with Crippen molar-refractivity contribution in [2.75, 3.05) is 31.1 Å². The third kappa shape index (κ3) is 4.06. The van der Waals surface area contributed by atoms with Crippen LogP contribution < -0.4 is 4.90 Å². The molecule has 5 heterocycles. The number of β-amino-alcohol motifs (C(OH)–C–C–N with tert-alkyl or cyclic N) is 1. The second kappa shape index (κ2) is 8.12. The molecule has 2 fully saturated rings. The maximum Gasteiger partial charge on any atom is 0.195 e. The molecule has 2 aliphatic heterocycles. The lowest BCUT2D eigenvalue weighted by Gasteiger charge is -2.49. The van der Waals surface area contributed by atoms with Gasteiger partial charge in [0, 0.05) is 50.0 Å². The van der Waals surface area contributed by atoms with Crippen LogP contribution in [0.2, 0.25) is 0 Å². The van der Waals surface area contributed by atoms with Crippen molar-refractivity contribution >= 4 is 5.82 Å². The largest absolute Gasteiger partial charge is 0.461 e. The molecule has 5 rings (SSSR count). The van der Waals surface area contributed by atoms with Crippen molar-refractivity contribution in [3.8, 4) is 11.6 Å². The van der Waals surface area contributed by atoms with Gasteiger partial charge in [-0.15, -0.1) is 0 Å². The van der Waals surface area contributed by atoms with Gasteiger partial charge in [-0.3, -0.25) is 9.88 Å². The van der Waals surface area contributed by atoms with Gasteiger partial charge in [-0.2, -0.15) is 0 Å². The highest BCUT2D eigenvalue weighted by atomic mass is 16.3. The van der Waals surface area contributed by atoms with Gasteiger partial charge in [0.25, 0.3) is 0 Å². The van der Waals surface area contributed by atoms with E-state index in [0.29, 0.717) is 18.1 Å². The van der Waals surface area contributed by atoms with Gasteiger partial charge in [-0.25, -0.2) is 15.0 Å². The number of hydrogen-bond donors (Lipinski definition) is 1. The lowest BCUT2D eigenvalue weighted by atomic mass is 9.71. The number of piperidine rings is 2. The summed E-state index contributed by atoms with van der Waals surface area (Å²) in [6, 6.07) is 3.70. The predicted octanol–water partition coefficient (Wildman–Crippen LogP) is 2.38. The first-order valence-electron chi connectivity index (χ1n) is 10.5. The van der Waals surface area contributed by atoms with E-state index in [2.05, 4.69) is 29.7 Å². The maximum atomic E-state index is 10.5. The summed E-state index contributed by atoms with van der Waals surface area (Å²) in [6.07, 6.45) is 13.2. The zero-order valence-corrected chi connectivity index (χ0v) is 16.9. The highest BCUT2D eigenvalue weighted by Gasteiger charge is 2.41. The molecule has 1 spiro atoms. The third-order valence-electron chi connectivity index (χ3n) is 6.27. The van der Waals surface area contributed by atoms with Crippen LogP contribution in [-0.2, 0) is 6.54 Å². The Labute approximate surface area is 175 Å². The number of aromatic nitrogens is 4. The van der Waals surface area contributed by atoms with Gasteiger partial charge in [0.15, 0.2) is 11.6 Å². The summed E-state index contributed by atoms with van der Waals surface area (Å²) in [6.45, 7) is 4.40. The molecular formula is C22H26N6O2. The first kappa shape index (κ1) is 19.1. The van der Waals surface area contributed by atoms with Crippen LogP contribution in [0, 0.1) is 5.41 Å². The quantitative estimate of drug-likeness (QED) is 0.706. The second-order valence-electron chi connectivity index (χ2n) is 8.47. The van der Waals surface area contributed by atoms with E-state index in [-0.39, 0.29) is 11.5 Å². The summed E-state index contributed by atoms with van der Waals surface area (Å²) in [4.78, 5) is 22.1. The first-order chi connectivity index (χ1) is 14.7. The summed E-state index contributed by atoms with van der Waals surface area (Å²) in [5, 5.41) is 10.5. The average molecular weight is 406 g/mol. The van der Waals surface area contributed by atoms with Crippen molar-refractivity contribution in [1.82, 2.24) is 24.8 Å². The monoisotopic (exact) mass is 406 g/mol. The molecule has 30 heavy (non-hydrogen) atoms. The van der Waals surface area contributed by atoms with E-state index in [0.717, 1.165) is 56.8 Å². The van der Waals surface area contributed by atoms with Crippen molar-refractivity contribution in [2.45, 2.75) is 31.9 Å². The molecule has 2 saturated heterocycles. The summed E-state index contributed by atoms with van der Waals surface area (Å²) in [7, 11) is 0. The molecule has 3 aromatic rings. The van der Waals surface area contributed by atoms with Crippen LogP contribution in [0.5, 0.6) is 0 Å². The first-order valence-corrected chi connectivity index (χ1v) is 10.5. The van der Waals surface area contributed by atoms with Crippen LogP contribution in [0.25, 0.3) is 11.6 Å². The van der Waals surface area contributed by atoms with Gasteiger partial charge in [0.05, 0.1) is 18.6 Å². The highest BCUT2D eigenvalue weighted by Crippen LogP contribution is 2.41. The summed E-state index contributed by atoms with van der Waals surface area (Å²) >= 11 is 0. The predicted molar refractivity (Wildman–Crippen MR) is 112 cm³/mol. The molecule has 3 aromatic heterocycles. The molecule has 0 bridgehead atoms. The minimum Gasteiger partial charge on any atom is -0.461 e. The maximum absolute atomic E-state index is 10.5. The summed E-state index contributed by atoms with van der Waals surface area (Å²) in [5.41, 5.74) is 1.23. The van der Waals surface area contributed by atoms with Gasteiger partial charge < -0.3 is 14.4 Å². The minimum absolute atomic E-state index is 0.130. The number of aliphatic hydroxyl groups excluding tert-OH is 1. The Hall–Kier alpha value is -2.84. The standard InChI is InChI=1S/C22H26N6O2/c29-18-10-22(16-28(15-18)20-13-23-5-6-24-20)3-7-27(8-4-22)14-17-11-25-21(26-12-17)19-2-1-9-30-19/h1-2,5-6,9,11-13,18,29H,3-4,7-8,10,14-16H2. The van der Waals surface area contributed by atoms with E-state index < -0.39 is 0 Å². The van der Waals surface area contributed by atoms with Gasteiger partial charge in [-0.05, 0) is 49.9 Å². The van der Waals surface area contributed by atoms with Crippen LogP contribution in [0.15, 0.2) is 53.8 Å². The molecule has 1 atom stereocenters. The lowest BCUT2D eigenvalue weighted by molar-refractivity contribution is 0.0243. The van der Waals surface area contributed by atoms with Crippen LogP contribution in [0.1, 0.15) is 24.8 Å². The number of nitrogens with zero attached hydrogens (tertiary/aromatic N) is 6. The summed E-state index contributed by atoms with van der Waals surface area (Å²) in [5.74, 6) is 2.15. The van der Waals surface area contributed by atoms with Crippen LogP contribution in [0.3, 0.4) is 0 Å². The Morgan fingerprint density at radius 3 is 2.63 bits per heavy atom. The lowest BCUT2D eigenvalue weighted by Crippen LogP contribution is -2.54. The van der Waals surface area contributed by atoms with Crippen molar-refractivity contribution in [1.29, 1.82) is 0 Å². The molecule has 2 aliphatic rings. The Kier molecular flexibility index (Phi) is 5.18. The molecule has 0 radical (unpaired) electrons. The van der Waals surface area contributed by atoms with Crippen LogP contribution in [0.4, 0.5) is 5.82 Å². The van der Waals surface area contributed by atoms with Gasteiger partial charge >= 0.3 is 0 Å². The number of furan rings is 1. The van der Waals surface area contributed by atoms with Gasteiger partial charge in [0.2, 0.25) is 0 Å². The number of anilines is 1. The smallest absolute Gasteiger partial charge is 0.195 e. The van der Waals surface area contributed by atoms with E-state index in [1.54, 1.807) is 24.9 Å². The van der Waals surface area contributed by atoms with Crippen LogP contribution in [-0.4, -0.2) is 62.2 Å². The van der Waals surface area contributed by atoms with E-state index in [1.165, 1.54) is 0 Å². The van der Waals surface area contributed by atoms with Crippen molar-refractivity contribution in [3.05, 3.63) is 54.9 Å². The Balaban J connectivity index is 1.20. The number of hydrogen-bond acceptors (Lipinski definition) is 8. The molecule has 156 valence electrons. The Morgan fingerprint density at radius 1 is 1.10 bits per heavy atom. The molecule has 0 amide bonds. The molecule has 1 N–H and O–H groups in total. The SMILES string of the molecule is OC1CN(c2cnccn2)CC2(CCN(Cc3cnc(-c4ccco4)nc3)CC2)C1. The van der Waals surface area contributed by atoms with Crippen molar-refractivity contribution < 1.29 is 9.52 Å². The fraction of sp³-hybridized carbons (Fsp3) is 0.455. The third-order valence-corrected chi connectivity index (χ3v) is 6.27. The molecular weight excluding hydrogens is 380 g/mol. The van der Waals surface area contributed by atoms with Crippen molar-refractivity contribution in [3.63, 3.8) is 0 Å². The molecule has 8 heteroatoms. The fourth-order valence-corrected chi connectivity index (χ4v) is 4.76. The van der Waals surface area contributed by atoms with Crippen molar-refractivity contribution in [2.24, 2.45) is 5.41 Å². The molecule has 0 saturated carbocycles. The zero-order valence-electron chi connectivity index (χ0n) is 16.9. The minimum atomic E-state index is -0.324. The number of aliphatic hydroxyl groups is 1. The van der Waals surface area contributed by atoms with E-state index in [1.807, 2.05) is 24.5 Å². The van der Waals surface area contributed by atoms with E-state index >= 15 is 0 Å². The molecule has 1 unspecified atom stereocenters. The summed E-state index contributed by atoms with van der Waals surface area (Å²) < 4.78 is 5.35. The Morgan fingerprint density at radius 2 is 1.93 bits per heavy atom. The number of rotatable bonds is 4. The molecule has 0 aliphatic carbocycles. The number of likely N-dealkylation sites (tertiary alicyclic amines) is 1. The fourth-order valence-electron chi connectivity index (χ4n) is 4.76. The molecule has 0 aromatic carbocycles. The zero-order chi connectivity index (χ0) is 20.4. The van der Waals surface area contributed by atoms with E-state index in [9.17, 15) is 5.11 Å². The van der Waals surface area contributed by atoms with Gasteiger partial charge in [0.1, 0.15) is 5.82 Å². The average Bonchev–Trinajstić information content (AvgIpc) is 3.31.